The van der Waals surface area contributed by atoms with Gasteiger partial charge in [0.05, 0.1) is 6.42 Å². The summed E-state index contributed by atoms with van der Waals surface area (Å²) in [6, 6.07) is 0. The van der Waals surface area contributed by atoms with Gasteiger partial charge in [-0.05, 0) is 31.8 Å². The van der Waals surface area contributed by atoms with Gasteiger partial charge in [-0.1, -0.05) is 5.16 Å². The van der Waals surface area contributed by atoms with E-state index < -0.39 is 0 Å². The first kappa shape index (κ1) is 10.3. The van der Waals surface area contributed by atoms with Crippen LogP contribution in [0.1, 0.15) is 24.6 Å². The van der Waals surface area contributed by atoms with E-state index >= 15 is 0 Å². The summed E-state index contributed by atoms with van der Waals surface area (Å²) in [7, 11) is 0. The van der Waals surface area contributed by atoms with E-state index in [1.54, 1.807) is 0 Å². The summed E-state index contributed by atoms with van der Waals surface area (Å²) in [6.07, 6.45) is 4.19. The molecule has 5 heteroatoms. The number of carbonyl (C=O) groups excluding carboxylic acids is 1. The van der Waals surface area contributed by atoms with Gasteiger partial charge in [0.15, 0.2) is 5.82 Å². The summed E-state index contributed by atoms with van der Waals surface area (Å²) < 4.78 is 5.08. The maximum atomic E-state index is 10.2. The van der Waals surface area contributed by atoms with Crippen LogP contribution in [0.4, 0.5) is 0 Å². The highest BCUT2D eigenvalue weighted by atomic mass is 16.5. The fourth-order valence-electron chi connectivity index (χ4n) is 1.86. The van der Waals surface area contributed by atoms with Gasteiger partial charge >= 0.3 is 0 Å². The number of nitrogens with zero attached hydrogens (tertiary/aromatic N) is 2. The number of aromatic nitrogens is 2. The molecule has 0 amide bonds. The Morgan fingerprint density at radius 3 is 3.00 bits per heavy atom. The topological polar surface area (TPSA) is 68.0 Å². The quantitative estimate of drug-likeness (QED) is 0.725. The van der Waals surface area contributed by atoms with E-state index in [4.69, 9.17) is 4.52 Å². The van der Waals surface area contributed by atoms with Gasteiger partial charge in [0.2, 0.25) is 5.89 Å². The van der Waals surface area contributed by atoms with Gasteiger partial charge in [-0.3, -0.25) is 0 Å². The van der Waals surface area contributed by atoms with Crippen molar-refractivity contribution in [3.63, 3.8) is 0 Å². The van der Waals surface area contributed by atoms with Crippen LogP contribution in [-0.2, 0) is 17.6 Å². The Morgan fingerprint density at radius 1 is 1.47 bits per heavy atom. The molecule has 1 N–H and O–H groups in total. The van der Waals surface area contributed by atoms with E-state index in [-0.39, 0.29) is 6.42 Å². The molecule has 1 aromatic heterocycles. The lowest BCUT2D eigenvalue weighted by Gasteiger charge is -2.20. The zero-order chi connectivity index (χ0) is 10.5. The molecule has 0 bridgehead atoms. The van der Waals surface area contributed by atoms with Crippen LogP contribution >= 0.6 is 0 Å². The van der Waals surface area contributed by atoms with Crippen molar-refractivity contribution in [1.29, 1.82) is 0 Å². The van der Waals surface area contributed by atoms with Gasteiger partial charge < -0.3 is 14.6 Å². The predicted molar refractivity (Wildman–Crippen MR) is 53.4 cm³/mol. The molecule has 1 aromatic rings. The van der Waals surface area contributed by atoms with Gasteiger partial charge in [-0.25, -0.2) is 0 Å². The fourth-order valence-corrected chi connectivity index (χ4v) is 1.86. The van der Waals surface area contributed by atoms with E-state index in [1.165, 1.54) is 0 Å². The highest BCUT2D eigenvalue weighted by molar-refractivity contribution is 5.52. The van der Waals surface area contributed by atoms with E-state index in [2.05, 4.69) is 15.5 Å². The minimum atomic E-state index is 0.246. The van der Waals surface area contributed by atoms with Crippen molar-refractivity contribution >= 4 is 6.29 Å². The molecule has 0 spiro atoms. The Labute approximate surface area is 88.2 Å². The summed E-state index contributed by atoms with van der Waals surface area (Å²) >= 11 is 0. The number of hydrogen-bond acceptors (Lipinski definition) is 5. The van der Waals surface area contributed by atoms with Gasteiger partial charge in [-0.2, -0.15) is 4.98 Å². The van der Waals surface area contributed by atoms with Gasteiger partial charge in [0.1, 0.15) is 6.29 Å². The second kappa shape index (κ2) is 5.02. The fraction of sp³-hybridized carbons (Fsp3) is 0.700. The molecule has 0 radical (unpaired) electrons. The van der Waals surface area contributed by atoms with E-state index in [9.17, 15) is 4.79 Å². The van der Waals surface area contributed by atoms with Crippen LogP contribution in [0.5, 0.6) is 0 Å². The highest BCUT2D eigenvalue weighted by Crippen LogP contribution is 2.16. The van der Waals surface area contributed by atoms with E-state index in [0.717, 1.165) is 38.6 Å². The molecule has 2 rings (SSSR count). The van der Waals surface area contributed by atoms with Crippen LogP contribution in [-0.4, -0.2) is 29.5 Å². The van der Waals surface area contributed by atoms with Crippen molar-refractivity contribution < 1.29 is 9.32 Å². The van der Waals surface area contributed by atoms with Crippen LogP contribution in [0, 0.1) is 5.92 Å². The van der Waals surface area contributed by atoms with Gasteiger partial charge in [0, 0.05) is 6.42 Å². The van der Waals surface area contributed by atoms with E-state index in [0.29, 0.717) is 17.6 Å². The molecule has 0 saturated carbocycles. The molecule has 0 unspecified atom stereocenters. The molecule has 1 aliphatic rings. The lowest BCUT2D eigenvalue weighted by atomic mass is 9.95. The number of hydrogen-bond donors (Lipinski definition) is 1. The molecule has 1 fully saturated rings. The van der Waals surface area contributed by atoms with Gasteiger partial charge in [-0.15, -0.1) is 0 Å². The summed E-state index contributed by atoms with van der Waals surface area (Å²) in [5.74, 6) is 1.79. The molecular formula is C10H15N3O2. The minimum absolute atomic E-state index is 0.246. The predicted octanol–water partition coefficient (Wildman–Crippen LogP) is 0.353. The molecule has 2 heterocycles. The number of nitrogens with one attached hydrogen (secondary N) is 1. The third-order valence-corrected chi connectivity index (χ3v) is 2.70. The van der Waals surface area contributed by atoms with Crippen molar-refractivity contribution in [3.05, 3.63) is 11.7 Å². The molecule has 1 aliphatic heterocycles. The number of piperidine rings is 1. The monoisotopic (exact) mass is 209 g/mol. The third-order valence-electron chi connectivity index (χ3n) is 2.70. The number of aldehydes is 1. The molecule has 5 nitrogen and oxygen atoms in total. The standard InChI is InChI=1S/C10H15N3O2/c14-6-3-9-12-10(15-13-9)7-8-1-4-11-5-2-8/h6,8,11H,1-5,7H2. The Bertz CT molecular complexity index is 318. The molecule has 0 aromatic carbocycles. The Morgan fingerprint density at radius 2 is 2.27 bits per heavy atom. The maximum Gasteiger partial charge on any atom is 0.226 e. The average Bonchev–Trinajstić information content (AvgIpc) is 2.68. The molecule has 82 valence electrons. The van der Waals surface area contributed by atoms with Crippen molar-refractivity contribution in [2.75, 3.05) is 13.1 Å². The van der Waals surface area contributed by atoms with Crippen LogP contribution in [0.25, 0.3) is 0 Å². The minimum Gasteiger partial charge on any atom is -0.339 e. The maximum absolute atomic E-state index is 10.2. The van der Waals surface area contributed by atoms with Crippen molar-refractivity contribution in [2.45, 2.75) is 25.7 Å². The van der Waals surface area contributed by atoms with Crippen LogP contribution in [0.15, 0.2) is 4.52 Å². The lowest BCUT2D eigenvalue weighted by molar-refractivity contribution is -0.107. The SMILES string of the molecule is O=CCc1noc(CC2CCNCC2)n1. The molecule has 0 atom stereocenters. The summed E-state index contributed by atoms with van der Waals surface area (Å²) in [5, 5.41) is 7.05. The molecule has 1 saturated heterocycles. The number of carbonyl (C=O) groups is 1. The number of rotatable bonds is 4. The second-order valence-corrected chi connectivity index (χ2v) is 3.87. The Hall–Kier alpha value is -1.23. The van der Waals surface area contributed by atoms with Crippen molar-refractivity contribution in [1.82, 2.24) is 15.5 Å². The van der Waals surface area contributed by atoms with Crippen LogP contribution in [0.3, 0.4) is 0 Å². The Kier molecular flexibility index (Phi) is 3.45. The second-order valence-electron chi connectivity index (χ2n) is 3.87. The first-order chi connectivity index (χ1) is 7.38. The average molecular weight is 209 g/mol. The third kappa shape index (κ3) is 2.86. The summed E-state index contributed by atoms with van der Waals surface area (Å²) in [6.45, 7) is 2.14. The van der Waals surface area contributed by atoms with Crippen LogP contribution < -0.4 is 5.32 Å². The zero-order valence-electron chi connectivity index (χ0n) is 8.61. The van der Waals surface area contributed by atoms with Crippen molar-refractivity contribution in [2.24, 2.45) is 5.92 Å². The van der Waals surface area contributed by atoms with E-state index in [1.807, 2.05) is 0 Å². The first-order valence-electron chi connectivity index (χ1n) is 5.34. The smallest absolute Gasteiger partial charge is 0.226 e. The van der Waals surface area contributed by atoms with Crippen LogP contribution in [0.2, 0.25) is 0 Å². The van der Waals surface area contributed by atoms with Crippen molar-refractivity contribution in [3.8, 4) is 0 Å². The highest BCUT2D eigenvalue weighted by Gasteiger charge is 2.16. The van der Waals surface area contributed by atoms with Gasteiger partial charge in [0.25, 0.3) is 0 Å². The lowest BCUT2D eigenvalue weighted by Crippen LogP contribution is -2.28. The summed E-state index contributed by atoms with van der Waals surface area (Å²) in [4.78, 5) is 14.4. The Balaban J connectivity index is 1.88. The molecule has 0 aliphatic carbocycles. The molecular weight excluding hydrogens is 194 g/mol. The zero-order valence-corrected chi connectivity index (χ0v) is 8.61. The summed E-state index contributed by atoms with van der Waals surface area (Å²) in [5.41, 5.74) is 0. The first-order valence-corrected chi connectivity index (χ1v) is 5.34. The normalized spacial score (nSPS) is 17.9. The largest absolute Gasteiger partial charge is 0.339 e. The molecule has 15 heavy (non-hydrogen) atoms.